The molecule has 0 saturated heterocycles. The zero-order chi connectivity index (χ0) is 13.3. The van der Waals surface area contributed by atoms with Gasteiger partial charge in [-0.2, -0.15) is 5.26 Å². The minimum atomic E-state index is -0.374. The van der Waals surface area contributed by atoms with Crippen LogP contribution in [-0.4, -0.2) is 6.04 Å². The summed E-state index contributed by atoms with van der Waals surface area (Å²) in [6, 6.07) is 5.56. The summed E-state index contributed by atoms with van der Waals surface area (Å²) in [6.07, 6.45) is 2.25. The molecule has 4 heteroatoms. The van der Waals surface area contributed by atoms with E-state index in [2.05, 4.69) is 35.1 Å². The Bertz CT molecular complexity index is 495. The average Bonchev–Trinajstić information content (AvgIpc) is 2.67. The standard InChI is InChI=1S/C14H16BrFN2/c1-8-3-5-11(9(8)2)18-12-6-4-10(7-17)13(15)14(12)16/h4,6,8-9,11,18H,3,5H2,1-2H3. The number of benzene rings is 1. The first-order chi connectivity index (χ1) is 8.54. The van der Waals surface area contributed by atoms with E-state index < -0.39 is 0 Å². The van der Waals surface area contributed by atoms with Crippen LogP contribution in [0.15, 0.2) is 16.6 Å². The van der Waals surface area contributed by atoms with E-state index in [1.807, 2.05) is 6.07 Å². The molecule has 2 rings (SSSR count). The second kappa shape index (κ2) is 5.27. The summed E-state index contributed by atoms with van der Waals surface area (Å²) in [4.78, 5) is 0. The van der Waals surface area contributed by atoms with Gasteiger partial charge >= 0.3 is 0 Å². The summed E-state index contributed by atoms with van der Waals surface area (Å²) in [5, 5.41) is 12.1. The molecule has 1 N–H and O–H groups in total. The van der Waals surface area contributed by atoms with Crippen LogP contribution < -0.4 is 5.32 Å². The van der Waals surface area contributed by atoms with Crippen molar-refractivity contribution in [2.45, 2.75) is 32.7 Å². The molecule has 1 saturated carbocycles. The van der Waals surface area contributed by atoms with Gasteiger partial charge in [0.25, 0.3) is 0 Å². The predicted octanol–water partition coefficient (Wildman–Crippen LogP) is 4.31. The van der Waals surface area contributed by atoms with Crippen molar-refractivity contribution >= 4 is 21.6 Å². The molecule has 3 unspecified atom stereocenters. The first-order valence-corrected chi connectivity index (χ1v) is 6.98. The number of nitriles is 1. The van der Waals surface area contributed by atoms with Crippen LogP contribution in [0.5, 0.6) is 0 Å². The fourth-order valence-electron chi connectivity index (χ4n) is 2.52. The summed E-state index contributed by atoms with van der Waals surface area (Å²) in [6.45, 7) is 4.43. The van der Waals surface area contributed by atoms with E-state index in [0.717, 1.165) is 6.42 Å². The van der Waals surface area contributed by atoms with Crippen LogP contribution in [0.25, 0.3) is 0 Å². The molecule has 0 aliphatic heterocycles. The van der Waals surface area contributed by atoms with Crippen molar-refractivity contribution in [2.24, 2.45) is 11.8 Å². The van der Waals surface area contributed by atoms with Crippen molar-refractivity contribution < 1.29 is 4.39 Å². The molecule has 0 radical (unpaired) electrons. The first kappa shape index (κ1) is 13.4. The molecule has 1 aliphatic carbocycles. The molecule has 96 valence electrons. The van der Waals surface area contributed by atoms with E-state index in [-0.39, 0.29) is 10.3 Å². The highest BCUT2D eigenvalue weighted by Gasteiger charge is 2.30. The number of rotatable bonds is 2. The van der Waals surface area contributed by atoms with Crippen molar-refractivity contribution in [3.05, 3.63) is 28.0 Å². The summed E-state index contributed by atoms with van der Waals surface area (Å²) in [7, 11) is 0. The van der Waals surface area contributed by atoms with Crippen LogP contribution in [0, 0.1) is 29.0 Å². The number of nitrogens with zero attached hydrogens (tertiary/aromatic N) is 1. The van der Waals surface area contributed by atoms with Crippen LogP contribution in [0.3, 0.4) is 0 Å². The van der Waals surface area contributed by atoms with E-state index in [1.54, 1.807) is 12.1 Å². The molecule has 0 heterocycles. The summed E-state index contributed by atoms with van der Waals surface area (Å²) < 4.78 is 14.3. The number of halogens is 2. The maximum absolute atomic E-state index is 14.1. The topological polar surface area (TPSA) is 35.8 Å². The van der Waals surface area contributed by atoms with Crippen LogP contribution in [0.4, 0.5) is 10.1 Å². The summed E-state index contributed by atoms with van der Waals surface area (Å²) in [5.74, 6) is 0.840. The third-order valence-corrected chi connectivity index (χ3v) is 4.78. The number of nitrogens with one attached hydrogen (secondary N) is 1. The average molecular weight is 311 g/mol. The van der Waals surface area contributed by atoms with Gasteiger partial charge in [0.2, 0.25) is 0 Å². The molecular formula is C14H16BrFN2. The highest BCUT2D eigenvalue weighted by Crippen LogP contribution is 2.35. The SMILES string of the molecule is CC1CCC(Nc2ccc(C#N)c(Br)c2F)C1C. The van der Waals surface area contributed by atoms with Gasteiger partial charge in [-0.05, 0) is 52.7 Å². The van der Waals surface area contributed by atoms with Gasteiger partial charge in [0.1, 0.15) is 6.07 Å². The Kier molecular flexibility index (Phi) is 3.91. The van der Waals surface area contributed by atoms with Crippen molar-refractivity contribution in [1.29, 1.82) is 5.26 Å². The van der Waals surface area contributed by atoms with Crippen molar-refractivity contribution in [1.82, 2.24) is 0 Å². The number of hydrogen-bond donors (Lipinski definition) is 1. The molecule has 0 aromatic heterocycles. The predicted molar refractivity (Wildman–Crippen MR) is 73.8 cm³/mol. The lowest BCUT2D eigenvalue weighted by molar-refractivity contribution is 0.434. The largest absolute Gasteiger partial charge is 0.380 e. The molecule has 18 heavy (non-hydrogen) atoms. The van der Waals surface area contributed by atoms with Crippen molar-refractivity contribution in [2.75, 3.05) is 5.32 Å². The van der Waals surface area contributed by atoms with Crippen LogP contribution in [0.2, 0.25) is 0 Å². The lowest BCUT2D eigenvalue weighted by atomic mass is 9.97. The molecule has 1 aliphatic rings. The maximum Gasteiger partial charge on any atom is 0.161 e. The molecule has 0 amide bonds. The Balaban J connectivity index is 2.21. The molecule has 0 bridgehead atoms. The van der Waals surface area contributed by atoms with Gasteiger partial charge in [0.05, 0.1) is 15.7 Å². The number of hydrogen-bond acceptors (Lipinski definition) is 2. The molecule has 1 aromatic rings. The molecule has 1 fully saturated rings. The second-order valence-electron chi connectivity index (χ2n) is 5.07. The van der Waals surface area contributed by atoms with Gasteiger partial charge in [-0.25, -0.2) is 4.39 Å². The molecule has 0 spiro atoms. The highest BCUT2D eigenvalue weighted by atomic mass is 79.9. The van der Waals surface area contributed by atoms with E-state index >= 15 is 0 Å². The first-order valence-electron chi connectivity index (χ1n) is 6.19. The Morgan fingerprint density at radius 1 is 1.39 bits per heavy atom. The summed E-state index contributed by atoms with van der Waals surface area (Å²) in [5.41, 5.74) is 0.803. The molecule has 3 atom stereocenters. The van der Waals surface area contributed by atoms with E-state index in [4.69, 9.17) is 5.26 Å². The van der Waals surface area contributed by atoms with Crippen LogP contribution in [-0.2, 0) is 0 Å². The Morgan fingerprint density at radius 2 is 2.11 bits per heavy atom. The van der Waals surface area contributed by atoms with Gasteiger partial charge < -0.3 is 5.32 Å². The third kappa shape index (κ3) is 2.37. The highest BCUT2D eigenvalue weighted by molar-refractivity contribution is 9.10. The quantitative estimate of drug-likeness (QED) is 0.883. The Hall–Kier alpha value is -1.08. The minimum Gasteiger partial charge on any atom is -0.380 e. The van der Waals surface area contributed by atoms with Gasteiger partial charge in [-0.1, -0.05) is 13.8 Å². The normalized spacial score (nSPS) is 26.9. The fraction of sp³-hybridized carbons (Fsp3) is 0.500. The Labute approximate surface area is 115 Å². The Morgan fingerprint density at radius 3 is 2.67 bits per heavy atom. The van der Waals surface area contributed by atoms with Gasteiger partial charge in [-0.3, -0.25) is 0 Å². The second-order valence-corrected chi connectivity index (χ2v) is 5.86. The monoisotopic (exact) mass is 310 g/mol. The minimum absolute atomic E-state index is 0.244. The maximum atomic E-state index is 14.1. The third-order valence-electron chi connectivity index (χ3n) is 4.01. The zero-order valence-electron chi connectivity index (χ0n) is 10.5. The fourth-order valence-corrected chi connectivity index (χ4v) is 2.95. The molecular weight excluding hydrogens is 295 g/mol. The van der Waals surface area contributed by atoms with E-state index in [9.17, 15) is 4.39 Å². The summed E-state index contributed by atoms with van der Waals surface area (Å²) >= 11 is 3.13. The van der Waals surface area contributed by atoms with Gasteiger partial charge in [-0.15, -0.1) is 0 Å². The zero-order valence-corrected chi connectivity index (χ0v) is 12.1. The van der Waals surface area contributed by atoms with Gasteiger partial charge in [0, 0.05) is 6.04 Å². The van der Waals surface area contributed by atoms with Crippen LogP contribution in [0.1, 0.15) is 32.3 Å². The lowest BCUT2D eigenvalue weighted by Crippen LogP contribution is -2.24. The number of anilines is 1. The molecule has 1 aromatic carbocycles. The molecule has 2 nitrogen and oxygen atoms in total. The lowest BCUT2D eigenvalue weighted by Gasteiger charge is -2.21. The van der Waals surface area contributed by atoms with Crippen molar-refractivity contribution in [3.8, 4) is 6.07 Å². The van der Waals surface area contributed by atoms with Gasteiger partial charge in [0.15, 0.2) is 5.82 Å². The van der Waals surface area contributed by atoms with E-state index in [1.165, 1.54) is 6.42 Å². The van der Waals surface area contributed by atoms with Crippen molar-refractivity contribution in [3.63, 3.8) is 0 Å². The smallest absolute Gasteiger partial charge is 0.161 e. The van der Waals surface area contributed by atoms with E-state index in [0.29, 0.717) is 29.1 Å². The van der Waals surface area contributed by atoms with Crippen LogP contribution >= 0.6 is 15.9 Å².